The molecule has 2 fully saturated rings. The minimum atomic E-state index is -0.770. The molecule has 1 aromatic heterocycles. The zero-order valence-corrected chi connectivity index (χ0v) is 19.3. The minimum Gasteiger partial charge on any atom is -0.378 e. The largest absolute Gasteiger partial charge is 0.378 e. The Morgan fingerprint density at radius 2 is 1.86 bits per heavy atom. The molecule has 0 radical (unpaired) electrons. The number of piperidine rings is 1. The molecule has 12 nitrogen and oxygen atoms in total. The highest BCUT2D eigenvalue weighted by Crippen LogP contribution is 2.22. The minimum absolute atomic E-state index is 0.0631. The predicted molar refractivity (Wildman–Crippen MR) is 128 cm³/mol. The predicted octanol–water partition coefficient (Wildman–Crippen LogP) is 0.458. The molecular formula is C23H28N8O4. The summed E-state index contributed by atoms with van der Waals surface area (Å²) in [7, 11) is 0. The molecule has 2 saturated heterocycles. The lowest BCUT2D eigenvalue weighted by Gasteiger charge is -2.32. The van der Waals surface area contributed by atoms with Gasteiger partial charge >= 0.3 is 0 Å². The van der Waals surface area contributed by atoms with Crippen molar-refractivity contribution in [2.75, 3.05) is 49.6 Å². The standard InChI is InChI=1S/C23H28N8O4/c1-2-18(32)25-17-4-3-9-31(14-17)23-27-21(19(20(24)33)28-29-23)26-16-7-5-15(6-8-16)22(34)30-10-12-35-13-11-30/h2,5-8,17H,1,3-4,9-14H2,(H2,24,33)(H,25,32)(H,26,27,29). The van der Waals surface area contributed by atoms with Gasteiger partial charge in [-0.1, -0.05) is 6.58 Å². The fourth-order valence-corrected chi connectivity index (χ4v) is 4.02. The lowest BCUT2D eigenvalue weighted by molar-refractivity contribution is -0.117. The van der Waals surface area contributed by atoms with E-state index in [0.717, 1.165) is 12.8 Å². The fraction of sp³-hybridized carbons (Fsp3) is 0.391. The van der Waals surface area contributed by atoms with Crippen LogP contribution in [0.3, 0.4) is 0 Å². The first-order valence-corrected chi connectivity index (χ1v) is 11.4. The molecule has 0 saturated carbocycles. The zero-order valence-electron chi connectivity index (χ0n) is 19.3. The summed E-state index contributed by atoms with van der Waals surface area (Å²) in [6.45, 7) is 6.83. The van der Waals surface area contributed by atoms with Crippen molar-refractivity contribution in [3.8, 4) is 0 Å². The van der Waals surface area contributed by atoms with Gasteiger partial charge in [0.2, 0.25) is 11.9 Å². The average Bonchev–Trinajstić information content (AvgIpc) is 2.89. The van der Waals surface area contributed by atoms with Crippen molar-refractivity contribution in [1.82, 2.24) is 25.4 Å². The summed E-state index contributed by atoms with van der Waals surface area (Å²) in [5.74, 6) is -0.598. The van der Waals surface area contributed by atoms with Gasteiger partial charge in [0.1, 0.15) is 0 Å². The van der Waals surface area contributed by atoms with Crippen LogP contribution in [0.4, 0.5) is 17.5 Å². The van der Waals surface area contributed by atoms with Crippen molar-refractivity contribution in [3.05, 3.63) is 48.2 Å². The molecule has 1 atom stereocenters. The second-order valence-electron chi connectivity index (χ2n) is 8.28. The molecule has 0 bridgehead atoms. The topological polar surface area (TPSA) is 156 Å². The van der Waals surface area contributed by atoms with E-state index in [0.29, 0.717) is 56.6 Å². The van der Waals surface area contributed by atoms with E-state index in [4.69, 9.17) is 10.5 Å². The van der Waals surface area contributed by atoms with E-state index in [1.807, 2.05) is 4.90 Å². The number of nitrogens with zero attached hydrogens (tertiary/aromatic N) is 5. The van der Waals surface area contributed by atoms with Gasteiger partial charge in [-0.05, 0) is 43.2 Å². The van der Waals surface area contributed by atoms with Crippen LogP contribution in [0.15, 0.2) is 36.9 Å². The quantitative estimate of drug-likeness (QED) is 0.479. The Morgan fingerprint density at radius 3 is 2.54 bits per heavy atom. The van der Waals surface area contributed by atoms with Crippen LogP contribution in [0.1, 0.15) is 33.7 Å². The van der Waals surface area contributed by atoms with Gasteiger partial charge in [-0.25, -0.2) is 0 Å². The molecule has 12 heteroatoms. The number of carbonyl (C=O) groups is 3. The van der Waals surface area contributed by atoms with Crippen LogP contribution in [0, 0.1) is 0 Å². The maximum absolute atomic E-state index is 12.7. The first-order valence-electron chi connectivity index (χ1n) is 11.4. The summed E-state index contributed by atoms with van der Waals surface area (Å²) in [4.78, 5) is 44.4. The number of morpholine rings is 1. The van der Waals surface area contributed by atoms with Crippen LogP contribution in [-0.4, -0.2) is 83.2 Å². The fourth-order valence-electron chi connectivity index (χ4n) is 4.02. The Hall–Kier alpha value is -4.06. The van der Waals surface area contributed by atoms with Gasteiger partial charge < -0.3 is 30.9 Å². The van der Waals surface area contributed by atoms with Crippen LogP contribution in [0.2, 0.25) is 0 Å². The van der Waals surface area contributed by atoms with E-state index in [-0.39, 0.29) is 29.4 Å². The Balaban J connectivity index is 1.50. The van der Waals surface area contributed by atoms with Crippen LogP contribution < -0.4 is 21.3 Å². The highest BCUT2D eigenvalue weighted by Gasteiger charge is 2.25. The lowest BCUT2D eigenvalue weighted by atomic mass is 10.1. The van der Waals surface area contributed by atoms with E-state index in [1.54, 1.807) is 29.2 Å². The van der Waals surface area contributed by atoms with Crippen molar-refractivity contribution in [3.63, 3.8) is 0 Å². The monoisotopic (exact) mass is 480 g/mol. The van der Waals surface area contributed by atoms with Gasteiger partial charge in [0.25, 0.3) is 11.8 Å². The number of ether oxygens (including phenoxy) is 1. The van der Waals surface area contributed by atoms with Crippen molar-refractivity contribution in [2.45, 2.75) is 18.9 Å². The number of hydrogen-bond donors (Lipinski definition) is 3. The molecule has 2 aromatic rings. The number of anilines is 3. The molecule has 0 aliphatic carbocycles. The molecule has 3 amide bonds. The Kier molecular flexibility index (Phi) is 7.51. The highest BCUT2D eigenvalue weighted by molar-refractivity contribution is 5.97. The molecule has 1 aromatic carbocycles. The number of aromatic nitrogens is 3. The lowest BCUT2D eigenvalue weighted by Crippen LogP contribution is -2.48. The third-order valence-electron chi connectivity index (χ3n) is 5.84. The van der Waals surface area contributed by atoms with Gasteiger partial charge in [0, 0.05) is 43.5 Å². The zero-order chi connectivity index (χ0) is 24.8. The molecule has 184 valence electrons. The van der Waals surface area contributed by atoms with E-state index < -0.39 is 5.91 Å². The van der Waals surface area contributed by atoms with E-state index in [9.17, 15) is 14.4 Å². The highest BCUT2D eigenvalue weighted by atomic mass is 16.5. The average molecular weight is 481 g/mol. The first-order chi connectivity index (χ1) is 16.9. The molecule has 3 heterocycles. The Bertz CT molecular complexity index is 1100. The number of primary amides is 1. The maximum atomic E-state index is 12.7. The van der Waals surface area contributed by atoms with Crippen molar-refractivity contribution in [2.24, 2.45) is 5.73 Å². The number of benzene rings is 1. The summed E-state index contributed by atoms with van der Waals surface area (Å²) in [5.41, 5.74) is 6.54. The molecule has 4 rings (SSSR count). The van der Waals surface area contributed by atoms with E-state index >= 15 is 0 Å². The summed E-state index contributed by atoms with van der Waals surface area (Å²) < 4.78 is 5.30. The van der Waals surface area contributed by atoms with E-state index in [1.165, 1.54) is 6.08 Å². The number of nitrogens with two attached hydrogens (primary N) is 1. The summed E-state index contributed by atoms with van der Waals surface area (Å²) in [5, 5.41) is 14.0. The van der Waals surface area contributed by atoms with Crippen LogP contribution >= 0.6 is 0 Å². The molecular weight excluding hydrogens is 452 g/mol. The van der Waals surface area contributed by atoms with Gasteiger partial charge in [0.15, 0.2) is 11.5 Å². The normalized spacial score (nSPS) is 18.0. The van der Waals surface area contributed by atoms with Gasteiger partial charge in [-0.15, -0.1) is 10.2 Å². The Morgan fingerprint density at radius 1 is 1.11 bits per heavy atom. The van der Waals surface area contributed by atoms with Gasteiger partial charge in [-0.3, -0.25) is 14.4 Å². The van der Waals surface area contributed by atoms with Crippen LogP contribution in [-0.2, 0) is 9.53 Å². The SMILES string of the molecule is C=CC(=O)NC1CCCN(c2nnc(C(N)=O)c(Nc3ccc(C(=O)N4CCOCC4)cc3)n2)C1. The number of amides is 3. The molecule has 1 unspecified atom stereocenters. The molecule has 4 N–H and O–H groups in total. The summed E-state index contributed by atoms with van der Waals surface area (Å²) in [6, 6.07) is 6.78. The van der Waals surface area contributed by atoms with Crippen molar-refractivity contribution >= 4 is 35.2 Å². The third kappa shape index (κ3) is 5.90. The molecule has 0 spiro atoms. The number of carbonyl (C=O) groups excluding carboxylic acids is 3. The van der Waals surface area contributed by atoms with Gasteiger partial charge in [0.05, 0.1) is 13.2 Å². The Labute approximate surface area is 202 Å². The molecule has 2 aliphatic heterocycles. The first kappa shape index (κ1) is 24.1. The van der Waals surface area contributed by atoms with Crippen LogP contribution in [0.5, 0.6) is 0 Å². The third-order valence-corrected chi connectivity index (χ3v) is 5.84. The maximum Gasteiger partial charge on any atom is 0.273 e. The van der Waals surface area contributed by atoms with Crippen molar-refractivity contribution < 1.29 is 19.1 Å². The van der Waals surface area contributed by atoms with Crippen LogP contribution in [0.25, 0.3) is 0 Å². The smallest absolute Gasteiger partial charge is 0.273 e. The van der Waals surface area contributed by atoms with Gasteiger partial charge in [-0.2, -0.15) is 4.98 Å². The number of nitrogens with one attached hydrogen (secondary N) is 2. The number of hydrogen-bond acceptors (Lipinski definition) is 9. The second-order valence-corrected chi connectivity index (χ2v) is 8.28. The van der Waals surface area contributed by atoms with E-state index in [2.05, 4.69) is 32.4 Å². The second kappa shape index (κ2) is 10.9. The number of rotatable bonds is 7. The molecule has 35 heavy (non-hydrogen) atoms. The summed E-state index contributed by atoms with van der Waals surface area (Å²) >= 11 is 0. The summed E-state index contributed by atoms with van der Waals surface area (Å²) in [6.07, 6.45) is 2.88. The van der Waals surface area contributed by atoms with Crippen molar-refractivity contribution in [1.29, 1.82) is 0 Å². The molecule has 2 aliphatic rings.